The summed E-state index contributed by atoms with van der Waals surface area (Å²) in [6, 6.07) is 0. The highest BCUT2D eigenvalue weighted by Crippen LogP contribution is 1.93. The van der Waals surface area contributed by atoms with Crippen LogP contribution in [0.4, 0.5) is 0 Å². The van der Waals surface area contributed by atoms with Crippen LogP contribution >= 0.6 is 15.9 Å². The molecule has 0 bridgehead atoms. The third-order valence-corrected chi connectivity index (χ3v) is 3.43. The molecule has 1 amide bonds. The summed E-state index contributed by atoms with van der Waals surface area (Å²) >= 11 is 2.74. The SMILES string of the molecule is CC(C)=CC(=O)NS(=O)(=O)CBr. The number of nitrogens with one attached hydrogen (secondary N) is 1. The van der Waals surface area contributed by atoms with Gasteiger partial charge in [-0.1, -0.05) is 21.5 Å². The van der Waals surface area contributed by atoms with Crippen molar-refractivity contribution >= 4 is 31.9 Å². The fourth-order valence-corrected chi connectivity index (χ4v) is 1.24. The van der Waals surface area contributed by atoms with Crippen LogP contribution in [0.5, 0.6) is 0 Å². The molecule has 70 valence electrons. The lowest BCUT2D eigenvalue weighted by molar-refractivity contribution is -0.114. The van der Waals surface area contributed by atoms with Crippen LogP contribution in [0.25, 0.3) is 0 Å². The molecule has 0 aromatic rings. The van der Waals surface area contributed by atoms with Gasteiger partial charge in [-0.25, -0.2) is 13.1 Å². The summed E-state index contributed by atoms with van der Waals surface area (Å²) in [5.41, 5.74) is 0.747. The van der Waals surface area contributed by atoms with Crippen LogP contribution in [-0.2, 0) is 14.8 Å². The zero-order valence-electron chi connectivity index (χ0n) is 6.80. The maximum Gasteiger partial charge on any atom is 0.257 e. The Balaban J connectivity index is 4.31. The first-order chi connectivity index (χ1) is 5.37. The first-order valence-corrected chi connectivity index (χ1v) is 5.90. The molecule has 0 heterocycles. The van der Waals surface area contributed by atoms with Crippen molar-refractivity contribution in [1.82, 2.24) is 4.72 Å². The quantitative estimate of drug-likeness (QED) is 0.598. The number of hydrogen-bond acceptors (Lipinski definition) is 3. The Morgan fingerprint density at radius 1 is 1.50 bits per heavy atom. The minimum absolute atomic E-state index is 0.275. The molecule has 0 saturated heterocycles. The van der Waals surface area contributed by atoms with Crippen LogP contribution in [0.2, 0.25) is 0 Å². The van der Waals surface area contributed by atoms with E-state index in [-0.39, 0.29) is 4.66 Å². The van der Waals surface area contributed by atoms with E-state index >= 15 is 0 Å². The largest absolute Gasteiger partial charge is 0.269 e. The summed E-state index contributed by atoms with van der Waals surface area (Å²) in [6.07, 6.45) is 1.22. The number of rotatable bonds is 3. The van der Waals surface area contributed by atoms with Crippen molar-refractivity contribution in [3.63, 3.8) is 0 Å². The number of carbonyl (C=O) groups excluding carboxylic acids is 1. The topological polar surface area (TPSA) is 63.2 Å². The molecule has 0 rings (SSSR count). The maximum atomic E-state index is 10.8. The van der Waals surface area contributed by atoms with E-state index in [1.165, 1.54) is 6.08 Å². The highest BCUT2D eigenvalue weighted by Gasteiger charge is 2.09. The second-order valence-corrected chi connectivity index (χ2v) is 5.44. The lowest BCUT2D eigenvalue weighted by Gasteiger charge is -1.99. The normalized spacial score (nSPS) is 10.6. The molecule has 1 N–H and O–H groups in total. The highest BCUT2D eigenvalue weighted by molar-refractivity contribution is 9.10. The molecule has 12 heavy (non-hydrogen) atoms. The number of hydrogen-bond donors (Lipinski definition) is 1. The molecule has 0 fully saturated rings. The van der Waals surface area contributed by atoms with E-state index in [4.69, 9.17) is 0 Å². The number of allylic oxidation sites excluding steroid dienone is 1. The fourth-order valence-electron chi connectivity index (χ4n) is 0.472. The molecule has 0 saturated carbocycles. The first-order valence-electron chi connectivity index (χ1n) is 3.12. The summed E-state index contributed by atoms with van der Waals surface area (Å²) in [4.78, 5) is 10.8. The molecule has 0 aliphatic carbocycles. The lowest BCUT2D eigenvalue weighted by Crippen LogP contribution is -2.29. The van der Waals surface area contributed by atoms with Crippen LogP contribution in [0.1, 0.15) is 13.8 Å². The van der Waals surface area contributed by atoms with E-state index in [9.17, 15) is 13.2 Å². The van der Waals surface area contributed by atoms with Crippen molar-refractivity contribution in [3.05, 3.63) is 11.6 Å². The second-order valence-electron chi connectivity index (χ2n) is 2.41. The van der Waals surface area contributed by atoms with Gasteiger partial charge in [0.25, 0.3) is 5.91 Å². The number of alkyl halides is 1. The average Bonchev–Trinajstić information content (AvgIpc) is 1.84. The molecule has 0 unspecified atom stereocenters. The van der Waals surface area contributed by atoms with Gasteiger partial charge in [-0.15, -0.1) is 0 Å². The summed E-state index contributed by atoms with van der Waals surface area (Å²) in [5, 5.41) is 0. The smallest absolute Gasteiger partial charge is 0.257 e. The summed E-state index contributed by atoms with van der Waals surface area (Å²) < 4.78 is 23.1. The van der Waals surface area contributed by atoms with E-state index in [2.05, 4.69) is 15.9 Å². The number of amides is 1. The zero-order chi connectivity index (χ0) is 9.78. The molecule has 0 aliphatic heterocycles. The van der Waals surface area contributed by atoms with Crippen molar-refractivity contribution in [2.45, 2.75) is 13.8 Å². The van der Waals surface area contributed by atoms with Crippen molar-refractivity contribution in [1.29, 1.82) is 0 Å². The van der Waals surface area contributed by atoms with Gasteiger partial charge in [0, 0.05) is 6.08 Å². The Bertz CT molecular complexity index is 290. The van der Waals surface area contributed by atoms with Gasteiger partial charge in [-0.2, -0.15) is 0 Å². The van der Waals surface area contributed by atoms with Gasteiger partial charge >= 0.3 is 0 Å². The van der Waals surface area contributed by atoms with Crippen molar-refractivity contribution in [2.75, 3.05) is 4.66 Å². The lowest BCUT2D eigenvalue weighted by atomic mass is 10.3. The van der Waals surface area contributed by atoms with E-state index in [0.717, 1.165) is 5.57 Å². The molecule has 0 aromatic carbocycles. The predicted molar refractivity (Wildman–Crippen MR) is 50.3 cm³/mol. The van der Waals surface area contributed by atoms with Crippen molar-refractivity contribution < 1.29 is 13.2 Å². The van der Waals surface area contributed by atoms with Gasteiger partial charge in [0.1, 0.15) is 4.66 Å². The van der Waals surface area contributed by atoms with Crippen LogP contribution in [0, 0.1) is 0 Å². The zero-order valence-corrected chi connectivity index (χ0v) is 9.20. The van der Waals surface area contributed by atoms with Crippen LogP contribution in [0.15, 0.2) is 11.6 Å². The molecular formula is C6H10BrNO3S. The van der Waals surface area contributed by atoms with Crippen molar-refractivity contribution in [2.24, 2.45) is 0 Å². The Morgan fingerprint density at radius 2 is 2.00 bits per heavy atom. The third kappa shape index (κ3) is 5.31. The molecule has 4 nitrogen and oxygen atoms in total. The highest BCUT2D eigenvalue weighted by atomic mass is 79.9. The first kappa shape index (κ1) is 11.6. The van der Waals surface area contributed by atoms with Gasteiger partial charge in [-0.05, 0) is 13.8 Å². The fraction of sp³-hybridized carbons (Fsp3) is 0.500. The van der Waals surface area contributed by atoms with Gasteiger partial charge in [0.15, 0.2) is 0 Å². The minimum Gasteiger partial charge on any atom is -0.269 e. The summed E-state index contributed by atoms with van der Waals surface area (Å²) in [6.45, 7) is 3.42. The Kier molecular flexibility index (Phi) is 4.47. The number of sulfonamides is 1. The summed E-state index contributed by atoms with van der Waals surface area (Å²) in [7, 11) is -3.49. The Hall–Kier alpha value is -0.360. The molecule has 0 aromatic heterocycles. The minimum atomic E-state index is -3.49. The molecule has 0 spiro atoms. The van der Waals surface area contributed by atoms with Crippen LogP contribution < -0.4 is 4.72 Å². The monoisotopic (exact) mass is 255 g/mol. The van der Waals surface area contributed by atoms with Gasteiger partial charge in [-0.3, -0.25) is 4.79 Å². The van der Waals surface area contributed by atoms with Crippen LogP contribution in [0.3, 0.4) is 0 Å². The molecule has 6 heteroatoms. The van der Waals surface area contributed by atoms with E-state index in [1.807, 2.05) is 4.72 Å². The van der Waals surface area contributed by atoms with E-state index in [0.29, 0.717) is 0 Å². The second kappa shape index (κ2) is 4.61. The molecule has 0 atom stereocenters. The van der Waals surface area contributed by atoms with E-state index < -0.39 is 15.9 Å². The molecule has 0 aliphatic rings. The average molecular weight is 256 g/mol. The molecule has 0 radical (unpaired) electrons. The van der Waals surface area contributed by atoms with Gasteiger partial charge < -0.3 is 0 Å². The van der Waals surface area contributed by atoms with Crippen LogP contribution in [-0.4, -0.2) is 19.0 Å². The standard InChI is InChI=1S/C6H10BrNO3S/c1-5(2)3-6(9)8-12(10,11)4-7/h3H,4H2,1-2H3,(H,8,9). The third-order valence-electron chi connectivity index (χ3n) is 0.820. The number of halogens is 1. The van der Waals surface area contributed by atoms with Gasteiger partial charge in [0.05, 0.1) is 0 Å². The van der Waals surface area contributed by atoms with E-state index in [1.54, 1.807) is 13.8 Å². The molecular weight excluding hydrogens is 246 g/mol. The maximum absolute atomic E-state index is 10.8. The Morgan fingerprint density at radius 3 is 2.33 bits per heavy atom. The van der Waals surface area contributed by atoms with Gasteiger partial charge in [0.2, 0.25) is 10.0 Å². The predicted octanol–water partition coefficient (Wildman–Crippen LogP) is 0.751. The Labute approximate surface area is 80.2 Å². The summed E-state index contributed by atoms with van der Waals surface area (Å²) in [5.74, 6) is -0.616. The number of carbonyl (C=O) groups is 1. The van der Waals surface area contributed by atoms with Crippen molar-refractivity contribution in [3.8, 4) is 0 Å².